The number of fused-ring (bicyclic) bond motifs is 1. The highest BCUT2D eigenvalue weighted by Gasteiger charge is 2.31. The number of ether oxygens (including phenoxy) is 2. The van der Waals surface area contributed by atoms with Gasteiger partial charge in [0.1, 0.15) is 22.8 Å². The SMILES string of the molecule is Cc1nc(OCCC(C)(C)O)ccc1-c1cccc2c1CC[C@H]2Oc1ccc(C2CC(=O)NS2=O)cc1. The van der Waals surface area contributed by atoms with Crippen molar-refractivity contribution in [1.29, 1.82) is 0 Å². The smallest absolute Gasteiger partial charge is 0.233 e. The average molecular weight is 521 g/mol. The third-order valence-electron chi connectivity index (χ3n) is 6.90. The van der Waals surface area contributed by atoms with Crippen molar-refractivity contribution in [2.45, 2.75) is 63.4 Å². The zero-order valence-corrected chi connectivity index (χ0v) is 22.1. The van der Waals surface area contributed by atoms with Crippen LogP contribution in [0.1, 0.15) is 66.8 Å². The van der Waals surface area contributed by atoms with Crippen molar-refractivity contribution in [3.63, 3.8) is 0 Å². The molecular formula is C29H32N2O5S. The van der Waals surface area contributed by atoms with E-state index in [1.807, 2.05) is 37.3 Å². The maximum absolute atomic E-state index is 12.1. The Labute approximate surface area is 219 Å². The Morgan fingerprint density at radius 3 is 2.57 bits per heavy atom. The number of pyridine rings is 1. The summed E-state index contributed by atoms with van der Waals surface area (Å²) in [7, 11) is -1.38. The van der Waals surface area contributed by atoms with Crippen LogP contribution in [-0.4, -0.2) is 32.4 Å². The van der Waals surface area contributed by atoms with Gasteiger partial charge >= 0.3 is 0 Å². The van der Waals surface area contributed by atoms with Crippen molar-refractivity contribution in [3.05, 3.63) is 77.0 Å². The fraction of sp³-hybridized carbons (Fsp3) is 0.379. The van der Waals surface area contributed by atoms with E-state index in [1.165, 1.54) is 11.1 Å². The van der Waals surface area contributed by atoms with Crippen LogP contribution >= 0.6 is 0 Å². The van der Waals surface area contributed by atoms with Crippen LogP contribution in [0.15, 0.2) is 54.6 Å². The summed E-state index contributed by atoms with van der Waals surface area (Å²) >= 11 is 0. The normalized spacial score (nSPS) is 21.0. The molecule has 194 valence electrons. The summed E-state index contributed by atoms with van der Waals surface area (Å²) in [6.45, 7) is 5.92. The number of hydrogen-bond acceptors (Lipinski definition) is 6. The van der Waals surface area contributed by atoms with Gasteiger partial charge in [-0.15, -0.1) is 0 Å². The van der Waals surface area contributed by atoms with Crippen LogP contribution < -0.4 is 14.2 Å². The summed E-state index contributed by atoms with van der Waals surface area (Å²) in [6.07, 6.45) is 2.51. The van der Waals surface area contributed by atoms with Crippen molar-refractivity contribution in [2.75, 3.05) is 6.61 Å². The maximum Gasteiger partial charge on any atom is 0.233 e. The molecule has 2 aliphatic rings. The van der Waals surface area contributed by atoms with Crippen LogP contribution in [0.2, 0.25) is 0 Å². The molecule has 2 aromatic carbocycles. The molecule has 0 saturated carbocycles. The first-order valence-electron chi connectivity index (χ1n) is 12.6. The van der Waals surface area contributed by atoms with Crippen molar-refractivity contribution in [1.82, 2.24) is 9.71 Å². The van der Waals surface area contributed by atoms with Crippen LogP contribution in [0.25, 0.3) is 11.1 Å². The molecule has 37 heavy (non-hydrogen) atoms. The maximum atomic E-state index is 12.1. The number of nitrogens with one attached hydrogen (secondary N) is 1. The van der Waals surface area contributed by atoms with Gasteiger partial charge in [0, 0.05) is 30.2 Å². The summed E-state index contributed by atoms with van der Waals surface area (Å²) < 4.78 is 26.7. The van der Waals surface area contributed by atoms with Gasteiger partial charge in [0.05, 0.1) is 17.5 Å². The lowest BCUT2D eigenvalue weighted by atomic mass is 9.96. The number of hydrogen-bond donors (Lipinski definition) is 2. The molecule has 3 atom stereocenters. The lowest BCUT2D eigenvalue weighted by Crippen LogP contribution is -2.22. The second-order valence-corrected chi connectivity index (χ2v) is 11.7. The molecule has 1 amide bonds. The molecule has 2 heterocycles. The number of aliphatic hydroxyl groups is 1. The Morgan fingerprint density at radius 2 is 1.89 bits per heavy atom. The number of carbonyl (C=O) groups excluding carboxylic acids is 1. The van der Waals surface area contributed by atoms with Crippen LogP contribution in [0, 0.1) is 6.92 Å². The molecule has 1 fully saturated rings. The summed E-state index contributed by atoms with van der Waals surface area (Å²) in [6, 6.07) is 17.8. The number of nitrogens with zero attached hydrogens (tertiary/aromatic N) is 1. The lowest BCUT2D eigenvalue weighted by molar-refractivity contribution is -0.118. The van der Waals surface area contributed by atoms with E-state index < -0.39 is 16.6 Å². The van der Waals surface area contributed by atoms with Gasteiger partial charge in [-0.1, -0.05) is 30.3 Å². The Balaban J connectivity index is 1.30. The van der Waals surface area contributed by atoms with Gasteiger partial charge in [0.25, 0.3) is 0 Å². The summed E-state index contributed by atoms with van der Waals surface area (Å²) in [5.74, 6) is 1.13. The number of aromatic nitrogens is 1. The van der Waals surface area contributed by atoms with E-state index >= 15 is 0 Å². The lowest BCUT2D eigenvalue weighted by Gasteiger charge is -2.18. The molecule has 3 aromatic rings. The fourth-order valence-electron chi connectivity index (χ4n) is 4.94. The Hall–Kier alpha value is -3.23. The minimum Gasteiger partial charge on any atom is -0.486 e. The second-order valence-electron chi connectivity index (χ2n) is 10.3. The monoisotopic (exact) mass is 520 g/mol. The van der Waals surface area contributed by atoms with E-state index in [0.717, 1.165) is 41.0 Å². The molecule has 2 unspecified atom stereocenters. The number of carbonyl (C=O) groups is 1. The molecule has 1 saturated heterocycles. The first-order chi connectivity index (χ1) is 17.7. The standard InChI is InChI=1S/C29H32N2O5S/c1-18-21(12-14-28(30-18)35-16-15-29(2,3)33)22-5-4-6-24-23(22)11-13-25(24)36-20-9-7-19(8-10-20)26-17-27(32)31-37(26)34/h4-10,12,14,25-26,33H,11,13,15-17H2,1-3H3,(H,31,32)/t25-,26?,37?/m1/s1. The van der Waals surface area contributed by atoms with Gasteiger partial charge in [-0.2, -0.15) is 0 Å². The largest absolute Gasteiger partial charge is 0.486 e. The van der Waals surface area contributed by atoms with E-state index in [0.29, 0.717) is 18.9 Å². The topological polar surface area (TPSA) is 97.8 Å². The van der Waals surface area contributed by atoms with Crippen LogP contribution in [0.4, 0.5) is 0 Å². The van der Waals surface area contributed by atoms with Gasteiger partial charge in [-0.25, -0.2) is 9.19 Å². The third kappa shape index (κ3) is 5.70. The molecule has 1 aliphatic heterocycles. The number of amides is 1. The highest BCUT2D eigenvalue weighted by molar-refractivity contribution is 7.84. The minimum atomic E-state index is -1.38. The molecule has 0 bridgehead atoms. The van der Waals surface area contributed by atoms with E-state index in [1.54, 1.807) is 13.8 Å². The van der Waals surface area contributed by atoms with Crippen molar-refractivity contribution < 1.29 is 23.6 Å². The molecule has 1 aromatic heterocycles. The second kappa shape index (κ2) is 10.3. The molecule has 0 spiro atoms. The fourth-order valence-corrected chi connectivity index (χ4v) is 6.09. The Kier molecular flexibility index (Phi) is 7.05. The van der Waals surface area contributed by atoms with E-state index in [9.17, 15) is 14.1 Å². The minimum absolute atomic E-state index is 0.0534. The molecular weight excluding hydrogens is 488 g/mol. The first kappa shape index (κ1) is 25.4. The molecule has 2 N–H and O–H groups in total. The molecule has 0 radical (unpaired) electrons. The highest BCUT2D eigenvalue weighted by atomic mass is 32.2. The van der Waals surface area contributed by atoms with Crippen molar-refractivity contribution in [3.8, 4) is 22.8 Å². The van der Waals surface area contributed by atoms with Crippen molar-refractivity contribution in [2.24, 2.45) is 0 Å². The van der Waals surface area contributed by atoms with Crippen molar-refractivity contribution >= 4 is 16.9 Å². The van der Waals surface area contributed by atoms with E-state index in [-0.39, 0.29) is 23.7 Å². The summed E-state index contributed by atoms with van der Waals surface area (Å²) in [5.41, 5.74) is 5.68. The van der Waals surface area contributed by atoms with Gasteiger partial charge in [0.15, 0.2) is 0 Å². The zero-order chi connectivity index (χ0) is 26.2. The highest BCUT2D eigenvalue weighted by Crippen LogP contribution is 2.41. The third-order valence-corrected chi connectivity index (χ3v) is 8.29. The zero-order valence-electron chi connectivity index (χ0n) is 21.3. The molecule has 7 nitrogen and oxygen atoms in total. The van der Waals surface area contributed by atoms with Gasteiger partial charge < -0.3 is 14.6 Å². The van der Waals surface area contributed by atoms with Gasteiger partial charge in [-0.3, -0.25) is 9.52 Å². The quantitative estimate of drug-likeness (QED) is 0.439. The summed E-state index contributed by atoms with van der Waals surface area (Å²) in [4.78, 5) is 16.2. The average Bonchev–Trinajstić information content (AvgIpc) is 3.41. The molecule has 5 rings (SSSR count). The number of rotatable bonds is 8. The van der Waals surface area contributed by atoms with E-state index in [4.69, 9.17) is 9.47 Å². The Bertz CT molecular complexity index is 1330. The van der Waals surface area contributed by atoms with Crippen LogP contribution in [-0.2, 0) is 22.2 Å². The van der Waals surface area contributed by atoms with E-state index in [2.05, 4.69) is 34.0 Å². The van der Waals surface area contributed by atoms with Crippen LogP contribution in [0.3, 0.4) is 0 Å². The summed E-state index contributed by atoms with van der Waals surface area (Å²) in [5, 5.41) is 9.57. The number of benzene rings is 2. The molecule has 8 heteroatoms. The Morgan fingerprint density at radius 1 is 1.11 bits per heavy atom. The van der Waals surface area contributed by atoms with Gasteiger partial charge in [0.2, 0.25) is 11.8 Å². The molecule has 1 aliphatic carbocycles. The predicted octanol–water partition coefficient (Wildman–Crippen LogP) is 4.89. The predicted molar refractivity (Wildman–Crippen MR) is 143 cm³/mol. The first-order valence-corrected chi connectivity index (χ1v) is 13.8. The number of aryl methyl sites for hydroxylation is 1. The van der Waals surface area contributed by atoms with Gasteiger partial charge in [-0.05, 0) is 74.1 Å². The van der Waals surface area contributed by atoms with Crippen LogP contribution in [0.5, 0.6) is 11.6 Å².